The zero-order valence-corrected chi connectivity index (χ0v) is 19.5. The van der Waals surface area contributed by atoms with Crippen LogP contribution in [0.5, 0.6) is 0 Å². The number of aromatic nitrogens is 7. The van der Waals surface area contributed by atoms with Crippen molar-refractivity contribution in [3.63, 3.8) is 0 Å². The molecule has 0 saturated carbocycles. The van der Waals surface area contributed by atoms with Crippen LogP contribution in [-0.2, 0) is 19.5 Å². The quantitative estimate of drug-likeness (QED) is 0.392. The van der Waals surface area contributed by atoms with Gasteiger partial charge in [-0.3, -0.25) is 14.1 Å². The minimum atomic E-state index is 0.0643. The number of nitrogens with zero attached hydrogens (tertiary/aromatic N) is 6. The van der Waals surface area contributed by atoms with E-state index in [9.17, 15) is 4.79 Å². The number of aromatic amines is 1. The summed E-state index contributed by atoms with van der Waals surface area (Å²) in [6.07, 6.45) is 7.92. The minimum absolute atomic E-state index is 0.0643. The highest BCUT2D eigenvalue weighted by atomic mass is 16.1. The molecule has 0 spiro atoms. The van der Waals surface area contributed by atoms with E-state index in [4.69, 9.17) is 4.98 Å². The molecule has 0 amide bonds. The van der Waals surface area contributed by atoms with Gasteiger partial charge in [0.15, 0.2) is 5.82 Å². The van der Waals surface area contributed by atoms with Crippen molar-refractivity contribution in [1.82, 2.24) is 34.7 Å². The predicted octanol–water partition coefficient (Wildman–Crippen LogP) is 4.33. The molecule has 0 atom stereocenters. The molecule has 172 valence electrons. The van der Waals surface area contributed by atoms with Crippen LogP contribution in [0.4, 0.5) is 0 Å². The second-order valence-corrected chi connectivity index (χ2v) is 8.82. The fourth-order valence-electron chi connectivity index (χ4n) is 3.92. The van der Waals surface area contributed by atoms with Gasteiger partial charge in [-0.25, -0.2) is 9.89 Å². The molecule has 1 N–H and O–H groups in total. The largest absolute Gasteiger partial charge is 0.328 e. The average molecular weight is 446 g/mol. The van der Waals surface area contributed by atoms with Gasteiger partial charge in [-0.05, 0) is 47.2 Å². The van der Waals surface area contributed by atoms with Crippen molar-refractivity contribution in [2.24, 2.45) is 5.92 Å². The second kappa shape index (κ2) is 10.4. The van der Waals surface area contributed by atoms with E-state index in [0.29, 0.717) is 18.3 Å². The molecule has 0 unspecified atom stereocenters. The van der Waals surface area contributed by atoms with Crippen LogP contribution in [0.1, 0.15) is 51.3 Å². The van der Waals surface area contributed by atoms with Crippen LogP contribution in [0.3, 0.4) is 0 Å². The third-order valence-electron chi connectivity index (χ3n) is 5.83. The summed E-state index contributed by atoms with van der Waals surface area (Å²) in [6, 6.07) is 11.9. The standard InChI is InChI=1S/C25H31N7O/c1-4-5-14-31-17-20(12-10-18(2)3)32(25(31)33)16-19-11-13-23(26-15-19)21-8-6-7-9-22(21)24-27-29-30-28-24/h6-9,11,13,15,17-18H,4-5,10,12,14,16H2,1-3H3,(H,27,28,29,30). The zero-order valence-electron chi connectivity index (χ0n) is 19.5. The molecule has 0 radical (unpaired) electrons. The van der Waals surface area contributed by atoms with Crippen molar-refractivity contribution in [3.8, 4) is 22.6 Å². The predicted molar refractivity (Wildman–Crippen MR) is 129 cm³/mol. The molecule has 33 heavy (non-hydrogen) atoms. The molecule has 0 fully saturated rings. The fraction of sp³-hybridized carbons (Fsp3) is 0.400. The molecular weight excluding hydrogens is 414 g/mol. The average Bonchev–Trinajstić information content (AvgIpc) is 3.46. The monoisotopic (exact) mass is 445 g/mol. The third kappa shape index (κ3) is 5.27. The molecule has 0 aliphatic carbocycles. The number of benzene rings is 1. The number of hydrogen-bond donors (Lipinski definition) is 1. The van der Waals surface area contributed by atoms with Gasteiger partial charge < -0.3 is 0 Å². The molecule has 8 heteroatoms. The van der Waals surface area contributed by atoms with E-state index in [0.717, 1.165) is 60.3 Å². The summed E-state index contributed by atoms with van der Waals surface area (Å²) >= 11 is 0. The van der Waals surface area contributed by atoms with Crippen molar-refractivity contribution < 1.29 is 0 Å². The highest BCUT2D eigenvalue weighted by molar-refractivity contribution is 5.78. The van der Waals surface area contributed by atoms with Crippen LogP contribution < -0.4 is 5.69 Å². The number of hydrogen-bond acceptors (Lipinski definition) is 5. The molecule has 4 rings (SSSR count). The first-order chi connectivity index (χ1) is 16.1. The Kier molecular flexibility index (Phi) is 7.12. The van der Waals surface area contributed by atoms with Crippen molar-refractivity contribution in [3.05, 3.63) is 70.5 Å². The van der Waals surface area contributed by atoms with E-state index >= 15 is 0 Å². The van der Waals surface area contributed by atoms with E-state index in [1.165, 1.54) is 0 Å². The number of tetrazole rings is 1. The lowest BCUT2D eigenvalue weighted by Gasteiger charge is -2.10. The molecule has 3 aromatic heterocycles. The maximum atomic E-state index is 13.1. The van der Waals surface area contributed by atoms with Gasteiger partial charge in [0.1, 0.15) is 0 Å². The Hall–Kier alpha value is -3.55. The Bertz CT molecular complexity index is 1220. The Morgan fingerprint density at radius 3 is 2.58 bits per heavy atom. The molecule has 3 heterocycles. The molecule has 0 bridgehead atoms. The lowest BCUT2D eigenvalue weighted by molar-refractivity contribution is 0.563. The van der Waals surface area contributed by atoms with Gasteiger partial charge in [-0.1, -0.05) is 57.5 Å². The van der Waals surface area contributed by atoms with Crippen LogP contribution in [0.25, 0.3) is 22.6 Å². The van der Waals surface area contributed by atoms with Gasteiger partial charge in [0.05, 0.1) is 12.2 Å². The number of aryl methyl sites for hydroxylation is 2. The Morgan fingerprint density at radius 1 is 1.09 bits per heavy atom. The smallest absolute Gasteiger partial charge is 0.299 e. The molecule has 0 saturated heterocycles. The normalized spacial score (nSPS) is 11.4. The maximum Gasteiger partial charge on any atom is 0.328 e. The Labute approximate surface area is 193 Å². The number of pyridine rings is 1. The van der Waals surface area contributed by atoms with Crippen LogP contribution in [0.15, 0.2) is 53.6 Å². The summed E-state index contributed by atoms with van der Waals surface area (Å²) in [5.74, 6) is 1.19. The lowest BCUT2D eigenvalue weighted by Crippen LogP contribution is -2.25. The van der Waals surface area contributed by atoms with Gasteiger partial charge in [0, 0.05) is 35.8 Å². The van der Waals surface area contributed by atoms with Crippen molar-refractivity contribution in [1.29, 1.82) is 0 Å². The van der Waals surface area contributed by atoms with Crippen LogP contribution in [-0.4, -0.2) is 34.7 Å². The third-order valence-corrected chi connectivity index (χ3v) is 5.83. The zero-order chi connectivity index (χ0) is 23.2. The summed E-state index contributed by atoms with van der Waals surface area (Å²) < 4.78 is 3.77. The topological polar surface area (TPSA) is 94.3 Å². The van der Waals surface area contributed by atoms with Gasteiger partial charge in [-0.15, -0.1) is 5.10 Å². The number of unbranched alkanes of at least 4 members (excludes halogenated alkanes) is 1. The number of H-pyrrole nitrogens is 1. The highest BCUT2D eigenvalue weighted by Gasteiger charge is 2.14. The van der Waals surface area contributed by atoms with E-state index < -0.39 is 0 Å². The summed E-state index contributed by atoms with van der Waals surface area (Å²) in [5, 5.41) is 14.2. The molecule has 1 aromatic carbocycles. The summed E-state index contributed by atoms with van der Waals surface area (Å²) in [7, 11) is 0. The number of imidazole rings is 1. The highest BCUT2D eigenvalue weighted by Crippen LogP contribution is 2.28. The van der Waals surface area contributed by atoms with Gasteiger partial charge >= 0.3 is 5.69 Å². The summed E-state index contributed by atoms with van der Waals surface area (Å²) in [5.41, 5.74) is 4.83. The SMILES string of the molecule is CCCCn1cc(CCC(C)C)n(Cc2ccc(-c3ccccc3-c3nnn[nH]3)nc2)c1=O. The minimum Gasteiger partial charge on any atom is -0.299 e. The summed E-state index contributed by atoms with van der Waals surface area (Å²) in [6.45, 7) is 7.86. The van der Waals surface area contributed by atoms with Crippen LogP contribution in [0.2, 0.25) is 0 Å². The number of rotatable bonds is 10. The molecule has 4 aromatic rings. The molecule has 0 aliphatic heterocycles. The first-order valence-electron chi connectivity index (χ1n) is 11.6. The first kappa shape index (κ1) is 22.6. The Morgan fingerprint density at radius 2 is 1.91 bits per heavy atom. The van der Waals surface area contributed by atoms with E-state index in [-0.39, 0.29) is 5.69 Å². The molecular formula is C25H31N7O. The first-order valence-corrected chi connectivity index (χ1v) is 11.6. The molecule has 0 aliphatic rings. The van der Waals surface area contributed by atoms with Crippen LogP contribution in [0, 0.1) is 5.92 Å². The van der Waals surface area contributed by atoms with Gasteiger partial charge in [-0.2, -0.15) is 0 Å². The van der Waals surface area contributed by atoms with Crippen LogP contribution >= 0.6 is 0 Å². The fourth-order valence-corrected chi connectivity index (χ4v) is 3.92. The maximum absolute atomic E-state index is 13.1. The van der Waals surface area contributed by atoms with Crippen molar-refractivity contribution >= 4 is 0 Å². The van der Waals surface area contributed by atoms with E-state index in [2.05, 4.69) is 41.4 Å². The van der Waals surface area contributed by atoms with E-state index in [1.807, 2.05) is 57.9 Å². The van der Waals surface area contributed by atoms with Crippen molar-refractivity contribution in [2.45, 2.75) is 59.5 Å². The lowest BCUT2D eigenvalue weighted by atomic mass is 10.0. The Balaban J connectivity index is 1.60. The number of nitrogens with one attached hydrogen (secondary N) is 1. The van der Waals surface area contributed by atoms with E-state index in [1.54, 1.807) is 0 Å². The molecule has 8 nitrogen and oxygen atoms in total. The van der Waals surface area contributed by atoms with Gasteiger partial charge in [0.2, 0.25) is 0 Å². The van der Waals surface area contributed by atoms with Gasteiger partial charge in [0.25, 0.3) is 0 Å². The second-order valence-electron chi connectivity index (χ2n) is 8.82. The summed E-state index contributed by atoms with van der Waals surface area (Å²) in [4.78, 5) is 17.8. The van der Waals surface area contributed by atoms with Crippen molar-refractivity contribution in [2.75, 3.05) is 0 Å².